The molecule has 6 heteroatoms. The number of hydrogen-bond acceptors (Lipinski definition) is 4. The van der Waals surface area contributed by atoms with Crippen molar-refractivity contribution in [2.45, 2.75) is 0 Å². The number of hydrogen-bond donors (Lipinski definition) is 1. The molecule has 3 aromatic rings. The summed E-state index contributed by atoms with van der Waals surface area (Å²) in [5.74, 6) is 1.03. The molecule has 1 amide bonds. The minimum atomic E-state index is -0.234. The standard InChI is InChI=1S/C17H12ClN3O2/c18-16-8-5-13(10-20-16)21-17(22)12-3-6-14(7-4-12)23-15-2-1-9-19-11-15/h1-11H,(H,21,22). The molecule has 0 bridgehead atoms. The molecule has 0 spiro atoms. The van der Waals surface area contributed by atoms with Gasteiger partial charge in [0.1, 0.15) is 16.7 Å². The minimum Gasteiger partial charge on any atom is -0.456 e. The first-order valence-corrected chi connectivity index (χ1v) is 7.19. The Morgan fingerprint density at radius 2 is 1.83 bits per heavy atom. The predicted octanol–water partition coefficient (Wildman–Crippen LogP) is 4.17. The monoisotopic (exact) mass is 325 g/mol. The largest absolute Gasteiger partial charge is 0.456 e. The molecule has 2 heterocycles. The zero-order valence-electron chi connectivity index (χ0n) is 11.9. The van der Waals surface area contributed by atoms with Gasteiger partial charge in [-0.1, -0.05) is 11.6 Å². The average molecular weight is 326 g/mol. The Bertz CT molecular complexity index is 790. The van der Waals surface area contributed by atoms with Crippen molar-refractivity contribution in [1.82, 2.24) is 9.97 Å². The van der Waals surface area contributed by atoms with Crippen LogP contribution in [0.5, 0.6) is 11.5 Å². The van der Waals surface area contributed by atoms with Gasteiger partial charge in [0.05, 0.1) is 18.1 Å². The van der Waals surface area contributed by atoms with Crippen molar-refractivity contribution >= 4 is 23.2 Å². The van der Waals surface area contributed by atoms with Crippen molar-refractivity contribution in [3.05, 3.63) is 77.8 Å². The Labute approximate surface area is 137 Å². The van der Waals surface area contributed by atoms with Gasteiger partial charge in [0.25, 0.3) is 5.91 Å². The molecule has 114 valence electrons. The summed E-state index contributed by atoms with van der Waals surface area (Å²) in [5, 5.41) is 3.12. The van der Waals surface area contributed by atoms with Crippen LogP contribution in [0.15, 0.2) is 67.1 Å². The molecule has 0 saturated heterocycles. The first-order valence-electron chi connectivity index (χ1n) is 6.81. The van der Waals surface area contributed by atoms with Crippen LogP contribution in [0, 0.1) is 0 Å². The van der Waals surface area contributed by atoms with Gasteiger partial charge in [-0.25, -0.2) is 4.98 Å². The molecule has 1 aromatic carbocycles. The maximum absolute atomic E-state index is 12.1. The lowest BCUT2D eigenvalue weighted by atomic mass is 10.2. The fourth-order valence-corrected chi connectivity index (χ4v) is 1.98. The third-order valence-corrected chi connectivity index (χ3v) is 3.20. The SMILES string of the molecule is O=C(Nc1ccc(Cl)nc1)c1ccc(Oc2cccnc2)cc1. The van der Waals surface area contributed by atoms with E-state index in [4.69, 9.17) is 16.3 Å². The summed E-state index contributed by atoms with van der Waals surface area (Å²) in [4.78, 5) is 20.0. The highest BCUT2D eigenvalue weighted by molar-refractivity contribution is 6.29. The molecule has 0 aliphatic rings. The summed E-state index contributed by atoms with van der Waals surface area (Å²) in [5.41, 5.74) is 1.09. The predicted molar refractivity (Wildman–Crippen MR) is 88.0 cm³/mol. The molecule has 3 rings (SSSR count). The zero-order chi connectivity index (χ0) is 16.1. The Morgan fingerprint density at radius 1 is 1.00 bits per heavy atom. The van der Waals surface area contributed by atoms with E-state index in [9.17, 15) is 4.79 Å². The highest BCUT2D eigenvalue weighted by Crippen LogP contribution is 2.21. The van der Waals surface area contributed by atoms with Crippen LogP contribution in [0.1, 0.15) is 10.4 Å². The molecule has 0 aliphatic heterocycles. The summed E-state index contributed by atoms with van der Waals surface area (Å²) in [7, 11) is 0. The molecule has 0 unspecified atom stereocenters. The van der Waals surface area contributed by atoms with Gasteiger partial charge in [-0.2, -0.15) is 0 Å². The second-order valence-electron chi connectivity index (χ2n) is 4.64. The molecule has 5 nitrogen and oxygen atoms in total. The van der Waals surface area contributed by atoms with E-state index in [1.54, 1.807) is 60.9 Å². The van der Waals surface area contributed by atoms with Crippen LogP contribution in [-0.4, -0.2) is 15.9 Å². The summed E-state index contributed by atoms with van der Waals surface area (Å²) >= 11 is 5.71. The number of aromatic nitrogens is 2. The molecule has 0 aliphatic carbocycles. The number of nitrogens with one attached hydrogen (secondary N) is 1. The van der Waals surface area contributed by atoms with Crippen LogP contribution in [-0.2, 0) is 0 Å². The number of carbonyl (C=O) groups is 1. The molecule has 2 aromatic heterocycles. The van der Waals surface area contributed by atoms with Gasteiger partial charge in [0.15, 0.2) is 0 Å². The van der Waals surface area contributed by atoms with Gasteiger partial charge >= 0.3 is 0 Å². The topological polar surface area (TPSA) is 64.1 Å². The zero-order valence-corrected chi connectivity index (χ0v) is 12.7. The van der Waals surface area contributed by atoms with Crippen molar-refractivity contribution in [3.8, 4) is 11.5 Å². The van der Waals surface area contributed by atoms with E-state index in [2.05, 4.69) is 15.3 Å². The van der Waals surface area contributed by atoms with E-state index >= 15 is 0 Å². The van der Waals surface area contributed by atoms with E-state index in [0.717, 1.165) is 0 Å². The number of nitrogens with zero attached hydrogens (tertiary/aromatic N) is 2. The number of amides is 1. The van der Waals surface area contributed by atoms with E-state index in [1.807, 2.05) is 0 Å². The number of anilines is 1. The maximum atomic E-state index is 12.1. The molecule has 0 atom stereocenters. The van der Waals surface area contributed by atoms with Crippen molar-refractivity contribution in [2.24, 2.45) is 0 Å². The van der Waals surface area contributed by atoms with Gasteiger partial charge in [-0.3, -0.25) is 9.78 Å². The Hall–Kier alpha value is -2.92. The van der Waals surface area contributed by atoms with Gasteiger partial charge in [-0.05, 0) is 48.5 Å². The molecule has 23 heavy (non-hydrogen) atoms. The van der Waals surface area contributed by atoms with E-state index in [-0.39, 0.29) is 5.91 Å². The second-order valence-corrected chi connectivity index (χ2v) is 5.03. The number of carbonyl (C=O) groups excluding carboxylic acids is 1. The third kappa shape index (κ3) is 4.05. The number of ether oxygens (including phenoxy) is 1. The highest BCUT2D eigenvalue weighted by Gasteiger charge is 2.07. The lowest BCUT2D eigenvalue weighted by Gasteiger charge is -2.07. The number of benzene rings is 1. The Kier molecular flexibility index (Phi) is 4.49. The van der Waals surface area contributed by atoms with Crippen molar-refractivity contribution in [2.75, 3.05) is 5.32 Å². The highest BCUT2D eigenvalue weighted by atomic mass is 35.5. The Morgan fingerprint density at radius 3 is 2.48 bits per heavy atom. The molecule has 0 radical (unpaired) electrons. The van der Waals surface area contributed by atoms with Crippen LogP contribution >= 0.6 is 11.6 Å². The molecule has 0 fully saturated rings. The lowest BCUT2D eigenvalue weighted by Crippen LogP contribution is -2.11. The van der Waals surface area contributed by atoms with Crippen LogP contribution < -0.4 is 10.1 Å². The van der Waals surface area contributed by atoms with Gasteiger partial charge < -0.3 is 10.1 Å². The van der Waals surface area contributed by atoms with Crippen molar-refractivity contribution < 1.29 is 9.53 Å². The maximum Gasteiger partial charge on any atom is 0.255 e. The molecular weight excluding hydrogens is 314 g/mol. The quantitative estimate of drug-likeness (QED) is 0.731. The first kappa shape index (κ1) is 15.0. The molecular formula is C17H12ClN3O2. The van der Waals surface area contributed by atoms with E-state index < -0.39 is 0 Å². The minimum absolute atomic E-state index is 0.234. The molecule has 0 saturated carbocycles. The second kappa shape index (κ2) is 6.89. The van der Waals surface area contributed by atoms with Crippen LogP contribution in [0.2, 0.25) is 5.15 Å². The van der Waals surface area contributed by atoms with Crippen LogP contribution in [0.3, 0.4) is 0 Å². The van der Waals surface area contributed by atoms with Gasteiger partial charge in [0.2, 0.25) is 0 Å². The fraction of sp³-hybridized carbons (Fsp3) is 0. The van der Waals surface area contributed by atoms with Crippen molar-refractivity contribution in [3.63, 3.8) is 0 Å². The fourth-order valence-electron chi connectivity index (χ4n) is 1.87. The summed E-state index contributed by atoms with van der Waals surface area (Å²) in [6, 6.07) is 13.7. The normalized spacial score (nSPS) is 10.1. The van der Waals surface area contributed by atoms with Crippen molar-refractivity contribution in [1.29, 1.82) is 0 Å². The smallest absolute Gasteiger partial charge is 0.255 e. The van der Waals surface area contributed by atoms with Crippen LogP contribution in [0.4, 0.5) is 5.69 Å². The molecule has 1 N–H and O–H groups in total. The number of rotatable bonds is 4. The third-order valence-electron chi connectivity index (χ3n) is 2.97. The summed E-state index contributed by atoms with van der Waals surface area (Å²) in [6.45, 7) is 0. The van der Waals surface area contributed by atoms with Crippen LogP contribution in [0.25, 0.3) is 0 Å². The average Bonchev–Trinajstić information content (AvgIpc) is 2.58. The first-order chi connectivity index (χ1) is 11.2. The van der Waals surface area contributed by atoms with E-state index in [1.165, 1.54) is 6.20 Å². The number of halogens is 1. The lowest BCUT2D eigenvalue weighted by molar-refractivity contribution is 0.102. The van der Waals surface area contributed by atoms with Gasteiger partial charge in [0, 0.05) is 11.8 Å². The van der Waals surface area contributed by atoms with E-state index in [0.29, 0.717) is 27.9 Å². The summed E-state index contributed by atoms with van der Waals surface area (Å²) in [6.07, 6.45) is 4.79. The Balaban J connectivity index is 1.66. The van der Waals surface area contributed by atoms with Gasteiger partial charge in [-0.15, -0.1) is 0 Å². The summed E-state index contributed by atoms with van der Waals surface area (Å²) < 4.78 is 5.63. The number of pyridine rings is 2.